The number of Topliss-reactive ketones (excluding diaryl/α,β-unsaturated/α-hetero) is 1. The van der Waals surface area contributed by atoms with E-state index in [0.29, 0.717) is 34.7 Å². The van der Waals surface area contributed by atoms with Gasteiger partial charge in [0.1, 0.15) is 16.4 Å². The van der Waals surface area contributed by atoms with Gasteiger partial charge >= 0.3 is 11.9 Å². The molecule has 37 heavy (non-hydrogen) atoms. The van der Waals surface area contributed by atoms with Crippen LogP contribution in [0.15, 0.2) is 48.0 Å². The molecule has 0 unspecified atom stereocenters. The van der Waals surface area contributed by atoms with Crippen molar-refractivity contribution < 1.29 is 29.0 Å². The number of nitrogens with zero attached hydrogens (tertiary/aromatic N) is 2. The van der Waals surface area contributed by atoms with Crippen molar-refractivity contribution in [3.8, 4) is 5.75 Å². The van der Waals surface area contributed by atoms with Crippen LogP contribution < -0.4 is 9.64 Å². The summed E-state index contributed by atoms with van der Waals surface area (Å²) in [5.74, 6) is -1.86. The van der Waals surface area contributed by atoms with Crippen molar-refractivity contribution >= 4 is 39.9 Å². The number of aromatic nitrogens is 1. The van der Waals surface area contributed by atoms with Gasteiger partial charge in [-0.15, -0.1) is 0 Å². The van der Waals surface area contributed by atoms with Crippen LogP contribution in [0.1, 0.15) is 57.5 Å². The molecule has 3 aromatic rings. The minimum atomic E-state index is -0.938. The summed E-state index contributed by atoms with van der Waals surface area (Å²) in [7, 11) is 0. The highest BCUT2D eigenvalue weighted by atomic mass is 32.1. The summed E-state index contributed by atoms with van der Waals surface area (Å²) < 4.78 is 10.7. The summed E-state index contributed by atoms with van der Waals surface area (Å²) in [6.07, 6.45) is 0. The first-order valence-electron chi connectivity index (χ1n) is 11.9. The molecule has 1 saturated heterocycles. The van der Waals surface area contributed by atoms with Crippen LogP contribution in [-0.4, -0.2) is 41.0 Å². The summed E-state index contributed by atoms with van der Waals surface area (Å²) in [5.41, 5.74) is 3.07. The number of anilines is 1. The molecule has 0 spiro atoms. The van der Waals surface area contributed by atoms with E-state index >= 15 is 0 Å². The van der Waals surface area contributed by atoms with Gasteiger partial charge < -0.3 is 14.6 Å². The minimum absolute atomic E-state index is 0.0494. The fourth-order valence-corrected chi connectivity index (χ4v) is 5.26. The number of carbonyl (C=O) groups excluding carboxylic acids is 3. The van der Waals surface area contributed by atoms with E-state index in [1.165, 1.54) is 4.90 Å². The Hall–Kier alpha value is -3.98. The van der Waals surface area contributed by atoms with Crippen LogP contribution >= 0.6 is 11.3 Å². The molecule has 8 nitrogen and oxygen atoms in total. The van der Waals surface area contributed by atoms with Gasteiger partial charge in [0.15, 0.2) is 5.13 Å². The fourth-order valence-electron chi connectivity index (χ4n) is 4.27. The van der Waals surface area contributed by atoms with E-state index in [1.807, 2.05) is 38.1 Å². The minimum Gasteiger partial charge on any atom is -0.507 e. The Morgan fingerprint density at radius 3 is 2.38 bits per heavy atom. The van der Waals surface area contributed by atoms with Gasteiger partial charge in [0.2, 0.25) is 0 Å². The normalized spacial score (nSPS) is 16.8. The Labute approximate surface area is 219 Å². The molecule has 1 amide bonds. The van der Waals surface area contributed by atoms with Crippen LogP contribution in [-0.2, 0) is 14.3 Å². The summed E-state index contributed by atoms with van der Waals surface area (Å²) in [4.78, 5) is 45.2. The van der Waals surface area contributed by atoms with Crippen molar-refractivity contribution in [1.82, 2.24) is 4.98 Å². The molecule has 1 atom stereocenters. The number of ether oxygens (including phenoxy) is 2. The standard InChI is InChI=1S/C28H28N2O6S/c1-6-35-19-12-13-20(16(4)14-19)23(31)21-22(18-10-8-15(3)9-11-18)30(26(33)24(21)32)28-29-17(5)25(37-28)27(34)36-7-2/h8-14,22,31H,6-7H2,1-5H3/t22-/m0/s1. The first-order valence-corrected chi connectivity index (χ1v) is 12.7. The molecule has 1 aromatic heterocycles. The van der Waals surface area contributed by atoms with E-state index in [-0.39, 0.29) is 27.9 Å². The van der Waals surface area contributed by atoms with E-state index in [4.69, 9.17) is 9.47 Å². The Balaban J connectivity index is 1.90. The molecule has 0 aliphatic carbocycles. The lowest BCUT2D eigenvalue weighted by atomic mass is 9.93. The van der Waals surface area contributed by atoms with Gasteiger partial charge in [-0.2, -0.15) is 0 Å². The number of benzene rings is 2. The number of aliphatic hydroxyl groups excluding tert-OH is 1. The van der Waals surface area contributed by atoms with Crippen LogP contribution in [0, 0.1) is 20.8 Å². The summed E-state index contributed by atoms with van der Waals surface area (Å²) >= 11 is 0.979. The Morgan fingerprint density at radius 1 is 1.05 bits per heavy atom. The van der Waals surface area contributed by atoms with E-state index in [0.717, 1.165) is 16.9 Å². The number of thiazole rings is 1. The zero-order chi connectivity index (χ0) is 26.9. The molecule has 0 bridgehead atoms. The van der Waals surface area contributed by atoms with Gasteiger partial charge in [-0.25, -0.2) is 9.78 Å². The number of carbonyl (C=O) groups is 3. The lowest BCUT2D eigenvalue weighted by Gasteiger charge is -2.23. The van der Waals surface area contributed by atoms with Gasteiger partial charge in [-0.05, 0) is 63.9 Å². The average molecular weight is 521 g/mol. The highest BCUT2D eigenvalue weighted by Crippen LogP contribution is 2.44. The van der Waals surface area contributed by atoms with Gasteiger partial charge in [0.05, 0.1) is 30.5 Å². The topological polar surface area (TPSA) is 106 Å². The second-order valence-electron chi connectivity index (χ2n) is 8.62. The number of rotatable bonds is 7. The van der Waals surface area contributed by atoms with Gasteiger partial charge in [-0.1, -0.05) is 41.2 Å². The lowest BCUT2D eigenvalue weighted by Crippen LogP contribution is -2.29. The quantitative estimate of drug-likeness (QED) is 0.196. The molecule has 0 radical (unpaired) electrons. The van der Waals surface area contributed by atoms with Gasteiger partial charge in [-0.3, -0.25) is 14.5 Å². The summed E-state index contributed by atoms with van der Waals surface area (Å²) in [6.45, 7) is 9.64. The number of hydrogen-bond donors (Lipinski definition) is 1. The zero-order valence-electron chi connectivity index (χ0n) is 21.3. The smallest absolute Gasteiger partial charge is 0.350 e. The van der Waals surface area contributed by atoms with E-state index in [2.05, 4.69) is 4.98 Å². The molecule has 1 fully saturated rings. The van der Waals surface area contributed by atoms with Crippen molar-refractivity contribution in [3.63, 3.8) is 0 Å². The molecule has 2 heterocycles. The second kappa shape index (κ2) is 10.6. The molecule has 1 aliphatic heterocycles. The third-order valence-electron chi connectivity index (χ3n) is 6.05. The van der Waals surface area contributed by atoms with Crippen molar-refractivity contribution in [1.29, 1.82) is 0 Å². The van der Waals surface area contributed by atoms with Crippen molar-refractivity contribution in [2.45, 2.75) is 40.7 Å². The monoisotopic (exact) mass is 520 g/mol. The van der Waals surface area contributed by atoms with Crippen molar-refractivity contribution in [2.75, 3.05) is 18.1 Å². The molecule has 1 N–H and O–H groups in total. The van der Waals surface area contributed by atoms with Crippen LogP contribution in [0.5, 0.6) is 5.75 Å². The average Bonchev–Trinajstić information content (AvgIpc) is 3.36. The Bertz CT molecular complexity index is 1410. The molecule has 1 aliphatic rings. The maximum atomic E-state index is 13.4. The summed E-state index contributed by atoms with van der Waals surface area (Å²) in [5, 5.41) is 11.6. The molecule has 2 aromatic carbocycles. The maximum Gasteiger partial charge on any atom is 0.350 e. The Kier molecular flexibility index (Phi) is 7.45. The number of esters is 1. The summed E-state index contributed by atoms with van der Waals surface area (Å²) in [6, 6.07) is 11.6. The predicted molar refractivity (Wildman–Crippen MR) is 141 cm³/mol. The zero-order valence-corrected chi connectivity index (χ0v) is 22.1. The third-order valence-corrected chi connectivity index (χ3v) is 7.19. The first-order chi connectivity index (χ1) is 17.7. The van der Waals surface area contributed by atoms with Gasteiger partial charge in [0, 0.05) is 5.56 Å². The number of amides is 1. The van der Waals surface area contributed by atoms with Gasteiger partial charge in [0.25, 0.3) is 5.78 Å². The molecular formula is C28H28N2O6S. The first kappa shape index (κ1) is 26.1. The maximum absolute atomic E-state index is 13.4. The Morgan fingerprint density at radius 2 is 1.76 bits per heavy atom. The van der Waals surface area contributed by atoms with E-state index in [1.54, 1.807) is 39.0 Å². The number of aliphatic hydroxyl groups is 1. The molecule has 0 saturated carbocycles. The number of aryl methyl sites for hydroxylation is 3. The second-order valence-corrected chi connectivity index (χ2v) is 9.60. The van der Waals surface area contributed by atoms with E-state index in [9.17, 15) is 19.5 Å². The predicted octanol–water partition coefficient (Wildman–Crippen LogP) is 5.27. The van der Waals surface area contributed by atoms with Crippen LogP contribution in [0.4, 0.5) is 5.13 Å². The number of ketones is 1. The lowest BCUT2D eigenvalue weighted by molar-refractivity contribution is -0.132. The SMILES string of the molecule is CCOC(=O)c1sc(N2C(=O)C(=O)C(=C(O)c3ccc(OCC)cc3C)[C@@H]2c2ccc(C)cc2)nc1C. The molecular weight excluding hydrogens is 492 g/mol. The van der Waals surface area contributed by atoms with Crippen LogP contribution in [0.3, 0.4) is 0 Å². The fraction of sp³-hybridized carbons (Fsp3) is 0.286. The number of hydrogen-bond acceptors (Lipinski definition) is 8. The highest BCUT2D eigenvalue weighted by molar-refractivity contribution is 7.17. The molecule has 9 heteroatoms. The van der Waals surface area contributed by atoms with Crippen LogP contribution in [0.25, 0.3) is 5.76 Å². The molecule has 4 rings (SSSR count). The highest BCUT2D eigenvalue weighted by Gasteiger charge is 2.48. The van der Waals surface area contributed by atoms with Crippen molar-refractivity contribution in [2.24, 2.45) is 0 Å². The van der Waals surface area contributed by atoms with E-state index < -0.39 is 23.7 Å². The van der Waals surface area contributed by atoms with Crippen LogP contribution in [0.2, 0.25) is 0 Å². The third kappa shape index (κ3) is 4.86. The van der Waals surface area contributed by atoms with Crippen molar-refractivity contribution in [3.05, 3.63) is 80.9 Å². The molecule has 192 valence electrons. The largest absolute Gasteiger partial charge is 0.507 e.